The van der Waals surface area contributed by atoms with Crippen LogP contribution < -0.4 is 16.4 Å². The molecule has 0 bridgehead atoms. The number of urea groups is 1. The zero-order chi connectivity index (χ0) is 15.3. The van der Waals surface area contributed by atoms with E-state index >= 15 is 0 Å². The van der Waals surface area contributed by atoms with Crippen LogP contribution in [0.4, 0.5) is 4.79 Å². The lowest BCUT2D eigenvalue weighted by atomic mass is 10.1. The number of hydrogen-bond acceptors (Lipinski definition) is 5. The van der Waals surface area contributed by atoms with Crippen molar-refractivity contribution in [3.8, 4) is 0 Å². The van der Waals surface area contributed by atoms with Gasteiger partial charge in [0.15, 0.2) is 0 Å². The molecule has 110 valence electrons. The number of carboxylic acid groups (broad SMARTS) is 1. The van der Waals surface area contributed by atoms with E-state index in [-0.39, 0.29) is 19.4 Å². The molecule has 10 heteroatoms. The van der Waals surface area contributed by atoms with Crippen molar-refractivity contribution in [1.29, 1.82) is 0 Å². The Balaban J connectivity index is 2.53. The molecule has 10 nitrogen and oxygen atoms in total. The van der Waals surface area contributed by atoms with Crippen molar-refractivity contribution in [2.24, 2.45) is 5.73 Å². The van der Waals surface area contributed by atoms with Crippen LogP contribution in [0.3, 0.4) is 0 Å². The standard InChI is InChI=1S/C10H14N4O6/c11-6(15)2-1-5(9(18)19)13-7(16)4-14-8(17)3-12-10(14)20/h5H,1-4H2,(H2,11,15)(H,12,20)(H,13,16)(H,18,19)/t5-/m1/s1. The van der Waals surface area contributed by atoms with Crippen LogP contribution in [-0.2, 0) is 19.2 Å². The lowest BCUT2D eigenvalue weighted by molar-refractivity contribution is -0.142. The van der Waals surface area contributed by atoms with Gasteiger partial charge in [0, 0.05) is 6.42 Å². The van der Waals surface area contributed by atoms with Gasteiger partial charge < -0.3 is 21.5 Å². The third-order valence-corrected chi connectivity index (χ3v) is 2.55. The number of rotatable bonds is 7. The van der Waals surface area contributed by atoms with Gasteiger partial charge in [0.1, 0.15) is 12.6 Å². The maximum atomic E-state index is 11.6. The number of aliphatic carboxylic acids is 1. The second-order valence-corrected chi connectivity index (χ2v) is 4.10. The van der Waals surface area contributed by atoms with Crippen molar-refractivity contribution < 1.29 is 29.1 Å². The Labute approximate surface area is 113 Å². The molecule has 0 aromatic rings. The predicted octanol–water partition coefficient (Wildman–Crippen LogP) is -2.63. The topological polar surface area (TPSA) is 159 Å². The summed E-state index contributed by atoms with van der Waals surface area (Å²) < 4.78 is 0. The molecule has 1 aliphatic heterocycles. The highest BCUT2D eigenvalue weighted by Gasteiger charge is 2.31. The van der Waals surface area contributed by atoms with Gasteiger partial charge in [0.25, 0.3) is 5.91 Å². The average Bonchev–Trinajstić information content (AvgIpc) is 2.65. The molecule has 1 saturated heterocycles. The van der Waals surface area contributed by atoms with E-state index in [0.29, 0.717) is 4.90 Å². The van der Waals surface area contributed by atoms with Crippen molar-refractivity contribution in [1.82, 2.24) is 15.5 Å². The number of imide groups is 1. The Morgan fingerprint density at radius 1 is 1.40 bits per heavy atom. The fraction of sp³-hybridized carbons (Fsp3) is 0.500. The summed E-state index contributed by atoms with van der Waals surface area (Å²) in [5.41, 5.74) is 4.89. The van der Waals surface area contributed by atoms with Crippen LogP contribution in [0.1, 0.15) is 12.8 Å². The second-order valence-electron chi connectivity index (χ2n) is 4.10. The lowest BCUT2D eigenvalue weighted by Gasteiger charge is -2.16. The van der Waals surface area contributed by atoms with Crippen LogP contribution >= 0.6 is 0 Å². The maximum Gasteiger partial charge on any atom is 0.326 e. The summed E-state index contributed by atoms with van der Waals surface area (Å²) in [5.74, 6) is -3.42. The summed E-state index contributed by atoms with van der Waals surface area (Å²) in [6.07, 6.45) is -0.378. The second kappa shape index (κ2) is 6.50. The van der Waals surface area contributed by atoms with Crippen LogP contribution in [-0.4, -0.2) is 58.9 Å². The Bertz CT molecular complexity index is 447. The zero-order valence-corrected chi connectivity index (χ0v) is 10.4. The molecule has 5 N–H and O–H groups in total. The monoisotopic (exact) mass is 286 g/mol. The molecular formula is C10H14N4O6. The summed E-state index contributed by atoms with van der Waals surface area (Å²) in [7, 11) is 0. The van der Waals surface area contributed by atoms with Crippen molar-refractivity contribution in [2.45, 2.75) is 18.9 Å². The first kappa shape index (κ1) is 15.4. The highest BCUT2D eigenvalue weighted by molar-refractivity contribution is 6.04. The van der Waals surface area contributed by atoms with Crippen LogP contribution in [0, 0.1) is 0 Å². The molecule has 20 heavy (non-hydrogen) atoms. The minimum atomic E-state index is -1.34. The number of carboxylic acids is 1. The summed E-state index contributed by atoms with van der Waals surface area (Å²) in [4.78, 5) is 56.2. The van der Waals surface area contributed by atoms with Crippen LogP contribution in [0.2, 0.25) is 0 Å². The van der Waals surface area contributed by atoms with Gasteiger partial charge in [0.2, 0.25) is 11.8 Å². The third kappa shape index (κ3) is 4.23. The first-order valence-corrected chi connectivity index (χ1v) is 5.70. The first-order chi connectivity index (χ1) is 9.31. The summed E-state index contributed by atoms with van der Waals surface area (Å²) >= 11 is 0. The molecule has 0 radical (unpaired) electrons. The van der Waals surface area contributed by atoms with Crippen molar-refractivity contribution in [3.05, 3.63) is 0 Å². The van der Waals surface area contributed by atoms with Gasteiger partial charge >= 0.3 is 12.0 Å². The molecule has 0 aromatic carbocycles. The molecule has 5 amide bonds. The van der Waals surface area contributed by atoms with E-state index in [0.717, 1.165) is 0 Å². The highest BCUT2D eigenvalue weighted by atomic mass is 16.4. The smallest absolute Gasteiger partial charge is 0.326 e. The van der Waals surface area contributed by atoms with Gasteiger partial charge in [-0.1, -0.05) is 0 Å². The normalized spacial score (nSPS) is 15.7. The van der Waals surface area contributed by atoms with E-state index in [4.69, 9.17) is 10.8 Å². The molecule has 1 aliphatic rings. The quantitative estimate of drug-likeness (QED) is 0.375. The van der Waals surface area contributed by atoms with Crippen molar-refractivity contribution >= 4 is 29.7 Å². The molecule has 1 atom stereocenters. The molecule has 0 spiro atoms. The van der Waals surface area contributed by atoms with Crippen molar-refractivity contribution in [3.63, 3.8) is 0 Å². The largest absolute Gasteiger partial charge is 0.480 e. The van der Waals surface area contributed by atoms with Gasteiger partial charge in [-0.3, -0.25) is 19.3 Å². The number of nitrogens with one attached hydrogen (secondary N) is 2. The number of carbonyl (C=O) groups excluding carboxylic acids is 4. The maximum absolute atomic E-state index is 11.6. The number of amides is 5. The molecule has 0 aromatic heterocycles. The van der Waals surface area contributed by atoms with Gasteiger partial charge in [-0.05, 0) is 6.42 Å². The van der Waals surface area contributed by atoms with E-state index < -0.39 is 42.3 Å². The number of nitrogens with two attached hydrogens (primary N) is 1. The van der Waals surface area contributed by atoms with E-state index in [1.807, 2.05) is 0 Å². The lowest BCUT2D eigenvalue weighted by Crippen LogP contribution is -2.47. The fourth-order valence-corrected chi connectivity index (χ4v) is 1.54. The summed E-state index contributed by atoms with van der Waals surface area (Å²) in [5, 5.41) is 13.2. The Morgan fingerprint density at radius 2 is 2.05 bits per heavy atom. The average molecular weight is 286 g/mol. The molecule has 1 heterocycles. The summed E-state index contributed by atoms with van der Waals surface area (Å²) in [6, 6.07) is -2.02. The minimum absolute atomic E-state index is 0.170. The van der Waals surface area contributed by atoms with Crippen molar-refractivity contribution in [2.75, 3.05) is 13.1 Å². The van der Waals surface area contributed by atoms with Gasteiger partial charge in [-0.25, -0.2) is 9.59 Å². The Kier molecular flexibility index (Phi) is 5.01. The van der Waals surface area contributed by atoms with Crippen LogP contribution in [0.25, 0.3) is 0 Å². The SMILES string of the molecule is NC(=O)CC[C@@H](NC(=O)CN1C(=O)CNC1=O)C(=O)O. The summed E-state index contributed by atoms with van der Waals surface area (Å²) in [6.45, 7) is -0.777. The molecule has 0 unspecified atom stereocenters. The minimum Gasteiger partial charge on any atom is -0.480 e. The number of primary amides is 1. The first-order valence-electron chi connectivity index (χ1n) is 5.70. The van der Waals surface area contributed by atoms with Crippen LogP contribution in [0.5, 0.6) is 0 Å². The third-order valence-electron chi connectivity index (χ3n) is 2.55. The van der Waals surface area contributed by atoms with Gasteiger partial charge in [-0.15, -0.1) is 0 Å². The van der Waals surface area contributed by atoms with Gasteiger partial charge in [-0.2, -0.15) is 0 Å². The molecule has 0 aliphatic carbocycles. The van der Waals surface area contributed by atoms with Crippen LogP contribution in [0.15, 0.2) is 0 Å². The van der Waals surface area contributed by atoms with E-state index in [9.17, 15) is 24.0 Å². The fourth-order valence-electron chi connectivity index (χ4n) is 1.54. The molecule has 0 saturated carbocycles. The molecular weight excluding hydrogens is 272 g/mol. The zero-order valence-electron chi connectivity index (χ0n) is 10.4. The number of hydrogen-bond donors (Lipinski definition) is 4. The van der Waals surface area contributed by atoms with Gasteiger partial charge in [0.05, 0.1) is 6.54 Å². The Hall–Kier alpha value is -2.65. The highest BCUT2D eigenvalue weighted by Crippen LogP contribution is 2.01. The predicted molar refractivity (Wildman–Crippen MR) is 63.1 cm³/mol. The molecule has 1 fully saturated rings. The van der Waals surface area contributed by atoms with E-state index in [2.05, 4.69) is 10.6 Å². The van der Waals surface area contributed by atoms with E-state index in [1.54, 1.807) is 0 Å². The van der Waals surface area contributed by atoms with E-state index in [1.165, 1.54) is 0 Å². The molecule has 1 rings (SSSR count). The Morgan fingerprint density at radius 3 is 2.50 bits per heavy atom. The number of carbonyl (C=O) groups is 5. The number of nitrogens with zero attached hydrogens (tertiary/aromatic N) is 1.